The molecule has 4 rings (SSSR count). The van der Waals surface area contributed by atoms with Crippen molar-refractivity contribution >= 4 is 45.0 Å². The van der Waals surface area contributed by atoms with Crippen LogP contribution in [-0.4, -0.2) is 23.2 Å². The molecule has 0 saturated heterocycles. The summed E-state index contributed by atoms with van der Waals surface area (Å²) < 4.78 is 30.0. The number of thioether (sulfide) groups is 1. The second-order valence-corrected chi connectivity index (χ2v) is 10.8. The Kier molecular flexibility index (Phi) is 7.41. The minimum Gasteiger partial charge on any atom is -0.273 e. The molecule has 0 saturated carbocycles. The maximum Gasteiger partial charge on any atom is 0.240 e. The zero-order chi connectivity index (χ0) is 23.4. The van der Waals surface area contributed by atoms with Gasteiger partial charge in [0.2, 0.25) is 10.0 Å². The van der Waals surface area contributed by atoms with E-state index in [2.05, 4.69) is 14.9 Å². The molecule has 1 N–H and O–H groups in total. The summed E-state index contributed by atoms with van der Waals surface area (Å²) in [7, 11) is -3.76. The van der Waals surface area contributed by atoms with Gasteiger partial charge in [-0.15, -0.1) is 10.2 Å². The van der Waals surface area contributed by atoms with Crippen LogP contribution in [0.25, 0.3) is 5.69 Å². The molecule has 6 nitrogen and oxygen atoms in total. The van der Waals surface area contributed by atoms with Crippen molar-refractivity contribution in [3.05, 3.63) is 99.8 Å². The predicted octanol–water partition coefficient (Wildman–Crippen LogP) is 5.65. The minimum absolute atomic E-state index is 0.0458. The van der Waals surface area contributed by atoms with Gasteiger partial charge in [-0.25, -0.2) is 13.1 Å². The number of benzene rings is 3. The molecule has 0 amide bonds. The van der Waals surface area contributed by atoms with Crippen LogP contribution < -0.4 is 4.72 Å². The van der Waals surface area contributed by atoms with Crippen LogP contribution in [0.3, 0.4) is 0 Å². The highest BCUT2D eigenvalue weighted by atomic mass is 35.5. The van der Waals surface area contributed by atoms with Crippen LogP contribution in [0, 0.1) is 6.92 Å². The molecule has 10 heteroatoms. The van der Waals surface area contributed by atoms with Crippen molar-refractivity contribution in [1.82, 2.24) is 19.5 Å². The van der Waals surface area contributed by atoms with Crippen molar-refractivity contribution in [2.75, 3.05) is 0 Å². The molecule has 0 radical (unpaired) electrons. The summed E-state index contributed by atoms with van der Waals surface area (Å²) in [4.78, 5) is 0.121. The number of aryl methyl sites for hydroxylation is 1. The van der Waals surface area contributed by atoms with Crippen LogP contribution in [0.15, 0.2) is 82.8 Å². The van der Waals surface area contributed by atoms with Crippen molar-refractivity contribution in [2.45, 2.75) is 29.3 Å². The molecular formula is C23H20Cl2N4O2S2. The van der Waals surface area contributed by atoms with E-state index in [4.69, 9.17) is 23.2 Å². The first kappa shape index (κ1) is 23.8. The molecule has 0 aliphatic heterocycles. The van der Waals surface area contributed by atoms with E-state index in [1.807, 2.05) is 60.0 Å². The highest BCUT2D eigenvalue weighted by Crippen LogP contribution is 2.28. The highest BCUT2D eigenvalue weighted by molar-refractivity contribution is 7.98. The van der Waals surface area contributed by atoms with Crippen molar-refractivity contribution in [1.29, 1.82) is 0 Å². The van der Waals surface area contributed by atoms with Crippen molar-refractivity contribution < 1.29 is 8.42 Å². The molecule has 0 spiro atoms. The maximum absolute atomic E-state index is 12.8. The monoisotopic (exact) mass is 518 g/mol. The average molecular weight is 519 g/mol. The summed E-state index contributed by atoms with van der Waals surface area (Å²) in [5.74, 6) is 1.14. The molecule has 3 aromatic carbocycles. The Morgan fingerprint density at radius 3 is 2.36 bits per heavy atom. The van der Waals surface area contributed by atoms with Gasteiger partial charge in [-0.1, -0.05) is 71.4 Å². The molecule has 4 aromatic rings. The first-order chi connectivity index (χ1) is 15.8. The SMILES string of the molecule is Cc1ccc(Cl)cc1-n1c(CNS(=O)(=O)c2ccc(Cl)cc2)nnc1SCc1ccccc1. The second-order valence-electron chi connectivity index (χ2n) is 7.22. The summed E-state index contributed by atoms with van der Waals surface area (Å²) in [6, 6.07) is 21.5. The zero-order valence-corrected chi connectivity index (χ0v) is 20.7. The van der Waals surface area contributed by atoms with Gasteiger partial charge in [0, 0.05) is 15.8 Å². The Bertz CT molecular complexity index is 1360. The summed E-state index contributed by atoms with van der Waals surface area (Å²) in [5.41, 5.74) is 2.90. The third-order valence-corrected chi connectivity index (χ3v) is 7.77. The lowest BCUT2D eigenvalue weighted by Crippen LogP contribution is -2.25. The third kappa shape index (κ3) is 5.77. The average Bonchev–Trinajstić information content (AvgIpc) is 3.21. The van der Waals surface area contributed by atoms with E-state index in [9.17, 15) is 8.42 Å². The van der Waals surface area contributed by atoms with E-state index in [1.165, 1.54) is 36.0 Å². The predicted molar refractivity (Wildman–Crippen MR) is 133 cm³/mol. The van der Waals surface area contributed by atoms with Crippen LogP contribution in [0.1, 0.15) is 17.0 Å². The summed E-state index contributed by atoms with van der Waals surface area (Å²) in [6.07, 6.45) is 0. The molecule has 0 unspecified atom stereocenters. The van der Waals surface area contributed by atoms with Gasteiger partial charge in [0.25, 0.3) is 0 Å². The number of aromatic nitrogens is 3. The van der Waals surface area contributed by atoms with E-state index in [-0.39, 0.29) is 11.4 Å². The van der Waals surface area contributed by atoms with Gasteiger partial charge in [-0.2, -0.15) is 0 Å². The van der Waals surface area contributed by atoms with Crippen molar-refractivity contribution in [3.63, 3.8) is 0 Å². The molecule has 1 heterocycles. The molecule has 0 bridgehead atoms. The Labute approximate surface area is 207 Å². The lowest BCUT2D eigenvalue weighted by atomic mass is 10.2. The standard InChI is InChI=1S/C23H20Cl2N4O2S2/c1-16-7-8-19(25)13-21(16)29-22(14-26-33(30,31)20-11-9-18(24)10-12-20)27-28-23(29)32-15-17-5-3-2-4-6-17/h2-13,26H,14-15H2,1H3. The smallest absolute Gasteiger partial charge is 0.240 e. The molecule has 0 fully saturated rings. The van der Waals surface area contributed by atoms with Gasteiger partial charge < -0.3 is 0 Å². The lowest BCUT2D eigenvalue weighted by Gasteiger charge is -2.14. The van der Waals surface area contributed by atoms with E-state index >= 15 is 0 Å². The van der Waals surface area contributed by atoms with Gasteiger partial charge in [0.05, 0.1) is 17.1 Å². The minimum atomic E-state index is -3.76. The van der Waals surface area contributed by atoms with Gasteiger partial charge >= 0.3 is 0 Å². The molecule has 33 heavy (non-hydrogen) atoms. The van der Waals surface area contributed by atoms with Crippen LogP contribution >= 0.6 is 35.0 Å². The second kappa shape index (κ2) is 10.3. The first-order valence-electron chi connectivity index (χ1n) is 9.96. The fourth-order valence-electron chi connectivity index (χ4n) is 3.15. The molecule has 0 atom stereocenters. The number of rotatable bonds is 8. The topological polar surface area (TPSA) is 76.9 Å². The molecular weight excluding hydrogens is 499 g/mol. The Morgan fingerprint density at radius 2 is 1.64 bits per heavy atom. The molecule has 0 aliphatic rings. The van der Waals surface area contributed by atoms with Crippen LogP contribution in [0.2, 0.25) is 10.0 Å². The van der Waals surface area contributed by atoms with Gasteiger partial charge in [-0.05, 0) is 54.4 Å². The van der Waals surface area contributed by atoms with Crippen LogP contribution in [-0.2, 0) is 22.3 Å². The summed E-state index contributed by atoms with van der Waals surface area (Å²) >= 11 is 13.7. The number of hydrogen-bond acceptors (Lipinski definition) is 5. The number of halogens is 2. The fraction of sp³-hybridized carbons (Fsp3) is 0.130. The van der Waals surface area contributed by atoms with Gasteiger partial charge in [-0.3, -0.25) is 4.57 Å². The number of hydrogen-bond donors (Lipinski definition) is 1. The Morgan fingerprint density at radius 1 is 0.939 bits per heavy atom. The number of nitrogens with zero attached hydrogens (tertiary/aromatic N) is 3. The number of nitrogens with one attached hydrogen (secondary N) is 1. The quantitative estimate of drug-likeness (QED) is 0.305. The largest absolute Gasteiger partial charge is 0.273 e. The number of sulfonamides is 1. The van der Waals surface area contributed by atoms with E-state index in [0.29, 0.717) is 26.8 Å². The zero-order valence-electron chi connectivity index (χ0n) is 17.6. The normalized spacial score (nSPS) is 11.6. The van der Waals surface area contributed by atoms with Crippen molar-refractivity contribution in [2.24, 2.45) is 0 Å². The summed E-state index contributed by atoms with van der Waals surface area (Å²) in [6.45, 7) is 1.91. The van der Waals surface area contributed by atoms with E-state index < -0.39 is 10.0 Å². The Balaban J connectivity index is 1.65. The summed E-state index contributed by atoms with van der Waals surface area (Å²) in [5, 5.41) is 10.3. The lowest BCUT2D eigenvalue weighted by molar-refractivity contribution is 0.578. The highest BCUT2D eigenvalue weighted by Gasteiger charge is 2.20. The maximum atomic E-state index is 12.8. The van der Waals surface area contributed by atoms with E-state index in [0.717, 1.165) is 16.8 Å². The van der Waals surface area contributed by atoms with Gasteiger partial charge in [0.15, 0.2) is 11.0 Å². The fourth-order valence-corrected chi connectivity index (χ4v) is 5.34. The van der Waals surface area contributed by atoms with Crippen molar-refractivity contribution in [3.8, 4) is 5.69 Å². The molecule has 170 valence electrons. The van der Waals surface area contributed by atoms with Crippen LogP contribution in [0.4, 0.5) is 0 Å². The Hall–Kier alpha value is -2.36. The van der Waals surface area contributed by atoms with E-state index in [1.54, 1.807) is 0 Å². The van der Waals surface area contributed by atoms with Gasteiger partial charge in [0.1, 0.15) is 0 Å². The molecule has 0 aliphatic carbocycles. The molecule has 1 aromatic heterocycles. The third-order valence-electron chi connectivity index (χ3n) is 4.87. The first-order valence-corrected chi connectivity index (χ1v) is 13.2. The van der Waals surface area contributed by atoms with Crippen LogP contribution in [0.5, 0.6) is 0 Å².